The van der Waals surface area contributed by atoms with Crippen LogP contribution in [0.5, 0.6) is 5.75 Å². The van der Waals surface area contributed by atoms with Crippen LogP contribution in [0.3, 0.4) is 0 Å². The molecule has 3 rings (SSSR count). The van der Waals surface area contributed by atoms with E-state index in [1.807, 2.05) is 0 Å². The van der Waals surface area contributed by atoms with E-state index in [2.05, 4.69) is 10.5 Å². The van der Waals surface area contributed by atoms with Crippen molar-refractivity contribution in [1.82, 2.24) is 9.99 Å². The lowest BCUT2D eigenvalue weighted by Crippen LogP contribution is -2.24. The van der Waals surface area contributed by atoms with Gasteiger partial charge in [0.25, 0.3) is 5.91 Å². The molecule has 1 heterocycles. The molecule has 29 heavy (non-hydrogen) atoms. The van der Waals surface area contributed by atoms with Crippen molar-refractivity contribution in [2.75, 3.05) is 6.61 Å². The Balaban J connectivity index is 1.62. The minimum atomic E-state index is -4.44. The summed E-state index contributed by atoms with van der Waals surface area (Å²) in [7, 11) is 0. The molecule has 9 heteroatoms. The van der Waals surface area contributed by atoms with Gasteiger partial charge in [-0.2, -0.15) is 18.3 Å². The van der Waals surface area contributed by atoms with Gasteiger partial charge in [0.1, 0.15) is 5.75 Å². The van der Waals surface area contributed by atoms with Gasteiger partial charge >= 0.3 is 6.18 Å². The van der Waals surface area contributed by atoms with Gasteiger partial charge in [0.15, 0.2) is 6.61 Å². The first-order valence-corrected chi connectivity index (χ1v) is 8.76. The number of benzene rings is 2. The summed E-state index contributed by atoms with van der Waals surface area (Å²) < 4.78 is 45.6. The van der Waals surface area contributed by atoms with Crippen molar-refractivity contribution >= 4 is 23.7 Å². The van der Waals surface area contributed by atoms with Crippen molar-refractivity contribution in [2.24, 2.45) is 5.10 Å². The van der Waals surface area contributed by atoms with Crippen LogP contribution in [-0.2, 0) is 11.0 Å². The summed E-state index contributed by atoms with van der Waals surface area (Å²) in [4.78, 5) is 11.8. The number of rotatable bonds is 6. The van der Waals surface area contributed by atoms with Crippen molar-refractivity contribution in [3.63, 3.8) is 0 Å². The zero-order chi connectivity index (χ0) is 20.9. The highest BCUT2D eigenvalue weighted by Crippen LogP contribution is 2.30. The van der Waals surface area contributed by atoms with Crippen molar-refractivity contribution in [1.29, 1.82) is 0 Å². The number of aromatic nitrogens is 1. The molecule has 0 atom stereocenters. The molecule has 150 valence electrons. The maximum atomic E-state index is 12.9. The molecule has 3 aromatic rings. The first kappa shape index (κ1) is 20.5. The summed E-state index contributed by atoms with van der Waals surface area (Å²) in [5.74, 6) is -0.0136. The number of amides is 1. The van der Waals surface area contributed by atoms with Crippen molar-refractivity contribution in [3.8, 4) is 11.4 Å². The lowest BCUT2D eigenvalue weighted by molar-refractivity contribution is -0.137. The van der Waals surface area contributed by atoms with Crippen LogP contribution in [0.15, 0.2) is 72.0 Å². The fraction of sp³-hybridized carbons (Fsp3) is 0.100. The van der Waals surface area contributed by atoms with E-state index in [-0.39, 0.29) is 6.61 Å². The Morgan fingerprint density at radius 3 is 2.62 bits per heavy atom. The van der Waals surface area contributed by atoms with E-state index in [0.717, 1.165) is 12.1 Å². The zero-order valence-corrected chi connectivity index (χ0v) is 15.6. The lowest BCUT2D eigenvalue weighted by Gasteiger charge is -2.11. The molecule has 0 spiro atoms. The lowest BCUT2D eigenvalue weighted by atomic mass is 10.2. The number of halogens is 4. The monoisotopic (exact) mass is 421 g/mol. The van der Waals surface area contributed by atoms with E-state index < -0.39 is 17.6 Å². The van der Waals surface area contributed by atoms with Gasteiger partial charge in [0.2, 0.25) is 0 Å². The number of carbonyl (C=O) groups is 1. The normalized spacial score (nSPS) is 11.6. The maximum absolute atomic E-state index is 12.9. The standard InChI is InChI=1S/C20H15ClF3N3O2/c21-15-6-8-18(9-7-15)29-13-19(28)26-25-12-17-5-2-10-27(17)16-4-1-3-14(11-16)20(22,23)24/h1-12H,13H2,(H,26,28)/b25-12-. The maximum Gasteiger partial charge on any atom is 0.416 e. The smallest absolute Gasteiger partial charge is 0.416 e. The largest absolute Gasteiger partial charge is 0.484 e. The molecule has 0 aliphatic rings. The van der Waals surface area contributed by atoms with Gasteiger partial charge in [-0.1, -0.05) is 17.7 Å². The molecule has 0 unspecified atom stereocenters. The number of nitrogens with zero attached hydrogens (tertiary/aromatic N) is 2. The highest BCUT2D eigenvalue weighted by atomic mass is 35.5. The predicted molar refractivity (Wildman–Crippen MR) is 103 cm³/mol. The Morgan fingerprint density at radius 2 is 1.90 bits per heavy atom. The Kier molecular flexibility index (Phi) is 6.23. The minimum absolute atomic E-state index is 0.256. The van der Waals surface area contributed by atoms with E-state index in [9.17, 15) is 18.0 Å². The number of nitrogens with one attached hydrogen (secondary N) is 1. The average Bonchev–Trinajstić information content (AvgIpc) is 3.15. The average molecular weight is 422 g/mol. The molecular formula is C20H15ClF3N3O2. The molecule has 1 N–H and O–H groups in total. The highest BCUT2D eigenvalue weighted by Gasteiger charge is 2.30. The molecule has 2 aromatic carbocycles. The van der Waals surface area contributed by atoms with E-state index in [0.29, 0.717) is 22.2 Å². The van der Waals surface area contributed by atoms with Gasteiger partial charge in [0, 0.05) is 16.9 Å². The minimum Gasteiger partial charge on any atom is -0.484 e. The Hall–Kier alpha value is -3.26. The molecule has 1 amide bonds. The van der Waals surface area contributed by atoms with Crippen LogP contribution in [0.2, 0.25) is 5.02 Å². The molecule has 0 bridgehead atoms. The zero-order valence-electron chi connectivity index (χ0n) is 14.9. The van der Waals surface area contributed by atoms with E-state index >= 15 is 0 Å². The molecule has 0 saturated carbocycles. The van der Waals surface area contributed by atoms with E-state index in [4.69, 9.17) is 16.3 Å². The van der Waals surface area contributed by atoms with Gasteiger partial charge in [-0.3, -0.25) is 4.79 Å². The van der Waals surface area contributed by atoms with Crippen LogP contribution in [0, 0.1) is 0 Å². The number of hydrazone groups is 1. The summed E-state index contributed by atoms with van der Waals surface area (Å²) in [6, 6.07) is 14.7. The topological polar surface area (TPSA) is 55.6 Å². The number of hydrogen-bond donors (Lipinski definition) is 1. The molecule has 0 aliphatic carbocycles. The van der Waals surface area contributed by atoms with Crippen LogP contribution in [0.25, 0.3) is 5.69 Å². The molecule has 1 aromatic heterocycles. The summed E-state index contributed by atoms with van der Waals surface area (Å²) in [5, 5.41) is 4.38. The predicted octanol–water partition coefficient (Wildman–Crippen LogP) is 4.68. The van der Waals surface area contributed by atoms with Gasteiger partial charge in [-0.15, -0.1) is 0 Å². The van der Waals surface area contributed by atoms with E-state index in [1.165, 1.54) is 16.8 Å². The number of carbonyl (C=O) groups excluding carboxylic acids is 1. The third-order valence-electron chi connectivity index (χ3n) is 3.80. The Morgan fingerprint density at radius 1 is 1.14 bits per heavy atom. The van der Waals surface area contributed by atoms with Gasteiger partial charge in [-0.25, -0.2) is 5.43 Å². The fourth-order valence-corrected chi connectivity index (χ4v) is 2.57. The van der Waals surface area contributed by atoms with Crippen LogP contribution < -0.4 is 10.2 Å². The SMILES string of the molecule is O=C(COc1ccc(Cl)cc1)N/N=C\c1cccn1-c1cccc(C(F)(F)F)c1. The third-order valence-corrected chi connectivity index (χ3v) is 4.05. The first-order chi connectivity index (χ1) is 13.8. The summed E-state index contributed by atoms with van der Waals surface area (Å²) in [5.41, 5.74) is 2.36. The van der Waals surface area contributed by atoms with E-state index in [1.54, 1.807) is 48.7 Å². The number of hydrogen-bond acceptors (Lipinski definition) is 3. The van der Waals surface area contributed by atoms with Crippen molar-refractivity contribution in [2.45, 2.75) is 6.18 Å². The second-order valence-electron chi connectivity index (χ2n) is 5.89. The highest BCUT2D eigenvalue weighted by molar-refractivity contribution is 6.30. The molecular weight excluding hydrogens is 407 g/mol. The quantitative estimate of drug-likeness (QED) is 0.464. The fourth-order valence-electron chi connectivity index (χ4n) is 2.45. The Bertz CT molecular complexity index is 1010. The summed E-state index contributed by atoms with van der Waals surface area (Å²) >= 11 is 5.77. The van der Waals surface area contributed by atoms with Crippen molar-refractivity contribution in [3.05, 3.63) is 83.1 Å². The molecule has 0 aliphatic heterocycles. The molecule has 0 fully saturated rings. The van der Waals surface area contributed by atoms with Crippen LogP contribution in [0.1, 0.15) is 11.3 Å². The van der Waals surface area contributed by atoms with Gasteiger partial charge in [0.05, 0.1) is 17.5 Å². The third kappa shape index (κ3) is 5.61. The second-order valence-corrected chi connectivity index (χ2v) is 6.32. The second kappa shape index (κ2) is 8.83. The molecule has 0 radical (unpaired) electrons. The summed E-state index contributed by atoms with van der Waals surface area (Å²) in [6.07, 6.45) is -1.50. The number of alkyl halides is 3. The first-order valence-electron chi connectivity index (χ1n) is 8.38. The Labute approximate surface area is 169 Å². The van der Waals surface area contributed by atoms with Gasteiger partial charge < -0.3 is 9.30 Å². The van der Waals surface area contributed by atoms with Crippen LogP contribution in [-0.4, -0.2) is 23.3 Å². The molecule has 0 saturated heterocycles. The summed E-state index contributed by atoms with van der Waals surface area (Å²) in [6.45, 7) is -0.256. The number of ether oxygens (including phenoxy) is 1. The van der Waals surface area contributed by atoms with Crippen molar-refractivity contribution < 1.29 is 22.7 Å². The molecule has 5 nitrogen and oxygen atoms in total. The van der Waals surface area contributed by atoms with Crippen LogP contribution >= 0.6 is 11.6 Å². The van der Waals surface area contributed by atoms with Gasteiger partial charge in [-0.05, 0) is 54.6 Å². The van der Waals surface area contributed by atoms with Crippen LogP contribution in [0.4, 0.5) is 13.2 Å².